The quantitative estimate of drug-likeness (QED) is 0.923. The largest absolute Gasteiger partial charge is 0.308 e. The van der Waals surface area contributed by atoms with Gasteiger partial charge in [-0.25, -0.2) is 4.68 Å². The van der Waals surface area contributed by atoms with Crippen LogP contribution in [0.3, 0.4) is 0 Å². The number of piperidine rings is 1. The van der Waals surface area contributed by atoms with Crippen molar-refractivity contribution in [2.24, 2.45) is 0 Å². The summed E-state index contributed by atoms with van der Waals surface area (Å²) in [6.45, 7) is 3.24. The standard InChI is InChI=1S/C16H22N4/c1-19-10-7-14(8-11-19)17-13-15-9-12-20(18-15)16-5-3-2-4-6-16/h2-6,9,12,14,17H,7-8,10-11,13H2,1H3. The molecule has 0 bridgehead atoms. The van der Waals surface area contributed by atoms with Crippen LogP contribution < -0.4 is 5.32 Å². The van der Waals surface area contributed by atoms with Crippen LogP contribution in [0.4, 0.5) is 0 Å². The van der Waals surface area contributed by atoms with E-state index >= 15 is 0 Å². The van der Waals surface area contributed by atoms with E-state index in [2.05, 4.69) is 40.6 Å². The minimum atomic E-state index is 0.632. The summed E-state index contributed by atoms with van der Waals surface area (Å²) in [7, 11) is 2.19. The number of likely N-dealkylation sites (tertiary alicyclic amines) is 1. The molecule has 0 spiro atoms. The van der Waals surface area contributed by atoms with Crippen LogP contribution in [-0.2, 0) is 6.54 Å². The van der Waals surface area contributed by atoms with Crippen molar-refractivity contribution >= 4 is 0 Å². The van der Waals surface area contributed by atoms with Crippen molar-refractivity contribution in [1.29, 1.82) is 0 Å². The van der Waals surface area contributed by atoms with Gasteiger partial charge in [-0.05, 0) is 51.2 Å². The Labute approximate surface area is 120 Å². The van der Waals surface area contributed by atoms with Crippen molar-refractivity contribution in [2.75, 3.05) is 20.1 Å². The fourth-order valence-corrected chi connectivity index (χ4v) is 2.64. The van der Waals surface area contributed by atoms with Gasteiger partial charge in [-0.15, -0.1) is 0 Å². The molecule has 0 aliphatic carbocycles. The van der Waals surface area contributed by atoms with Crippen LogP contribution in [0.2, 0.25) is 0 Å². The molecule has 1 saturated heterocycles. The van der Waals surface area contributed by atoms with E-state index < -0.39 is 0 Å². The molecule has 4 nitrogen and oxygen atoms in total. The SMILES string of the molecule is CN1CCC(NCc2ccn(-c3ccccc3)n2)CC1. The zero-order valence-corrected chi connectivity index (χ0v) is 12.0. The first-order chi connectivity index (χ1) is 9.81. The van der Waals surface area contributed by atoms with Crippen LogP contribution in [0.5, 0.6) is 0 Å². The van der Waals surface area contributed by atoms with Gasteiger partial charge in [0.25, 0.3) is 0 Å². The maximum atomic E-state index is 4.62. The van der Waals surface area contributed by atoms with Crippen LogP contribution >= 0.6 is 0 Å². The molecule has 1 aliphatic heterocycles. The molecule has 1 aromatic heterocycles. The molecule has 1 N–H and O–H groups in total. The number of para-hydroxylation sites is 1. The summed E-state index contributed by atoms with van der Waals surface area (Å²) in [5.74, 6) is 0. The Morgan fingerprint density at radius 1 is 1.15 bits per heavy atom. The third-order valence-corrected chi connectivity index (χ3v) is 3.96. The van der Waals surface area contributed by atoms with Crippen molar-refractivity contribution in [3.8, 4) is 5.69 Å². The molecule has 1 aromatic carbocycles. The second-order valence-electron chi connectivity index (χ2n) is 5.55. The van der Waals surface area contributed by atoms with E-state index in [0.717, 1.165) is 17.9 Å². The first-order valence-corrected chi connectivity index (χ1v) is 7.33. The van der Waals surface area contributed by atoms with Gasteiger partial charge in [-0.3, -0.25) is 0 Å². The highest BCUT2D eigenvalue weighted by Gasteiger charge is 2.16. The number of hydrogen-bond acceptors (Lipinski definition) is 3. The predicted molar refractivity (Wildman–Crippen MR) is 80.9 cm³/mol. The Morgan fingerprint density at radius 2 is 1.90 bits per heavy atom. The average molecular weight is 270 g/mol. The van der Waals surface area contributed by atoms with Gasteiger partial charge >= 0.3 is 0 Å². The molecule has 0 unspecified atom stereocenters. The molecule has 0 atom stereocenters. The molecule has 20 heavy (non-hydrogen) atoms. The molecule has 2 heterocycles. The average Bonchev–Trinajstić information content (AvgIpc) is 2.97. The Balaban J connectivity index is 1.55. The van der Waals surface area contributed by atoms with E-state index in [1.807, 2.05) is 29.1 Å². The maximum absolute atomic E-state index is 4.62. The smallest absolute Gasteiger partial charge is 0.0766 e. The summed E-state index contributed by atoms with van der Waals surface area (Å²) < 4.78 is 1.94. The summed E-state index contributed by atoms with van der Waals surface area (Å²) in [5, 5.41) is 8.24. The van der Waals surface area contributed by atoms with Gasteiger partial charge in [-0.2, -0.15) is 5.10 Å². The number of rotatable bonds is 4. The van der Waals surface area contributed by atoms with Crippen molar-refractivity contribution in [2.45, 2.75) is 25.4 Å². The van der Waals surface area contributed by atoms with E-state index in [1.54, 1.807) is 0 Å². The van der Waals surface area contributed by atoms with Crippen molar-refractivity contribution in [3.63, 3.8) is 0 Å². The molecule has 2 aromatic rings. The van der Waals surface area contributed by atoms with Crippen molar-refractivity contribution in [3.05, 3.63) is 48.3 Å². The number of nitrogens with zero attached hydrogens (tertiary/aromatic N) is 3. The van der Waals surface area contributed by atoms with Crippen molar-refractivity contribution < 1.29 is 0 Å². The Kier molecular flexibility index (Phi) is 4.14. The molecular weight excluding hydrogens is 248 g/mol. The maximum Gasteiger partial charge on any atom is 0.0766 e. The van der Waals surface area contributed by atoms with E-state index in [-0.39, 0.29) is 0 Å². The number of nitrogens with one attached hydrogen (secondary N) is 1. The lowest BCUT2D eigenvalue weighted by Gasteiger charge is -2.29. The lowest BCUT2D eigenvalue weighted by atomic mass is 10.1. The van der Waals surface area contributed by atoms with Gasteiger partial charge in [-0.1, -0.05) is 18.2 Å². The predicted octanol–water partition coefficient (Wildman–Crippen LogP) is 2.06. The van der Waals surface area contributed by atoms with Gasteiger partial charge in [0.1, 0.15) is 0 Å². The van der Waals surface area contributed by atoms with Gasteiger partial charge in [0, 0.05) is 18.8 Å². The van der Waals surface area contributed by atoms with Crippen molar-refractivity contribution in [1.82, 2.24) is 20.0 Å². The summed E-state index contributed by atoms with van der Waals surface area (Å²) in [6.07, 6.45) is 4.49. The molecule has 0 radical (unpaired) electrons. The first kappa shape index (κ1) is 13.3. The number of benzene rings is 1. The van der Waals surface area contributed by atoms with Gasteiger partial charge in [0.05, 0.1) is 11.4 Å². The van der Waals surface area contributed by atoms with Crippen LogP contribution in [-0.4, -0.2) is 40.9 Å². The summed E-state index contributed by atoms with van der Waals surface area (Å²) in [6, 6.07) is 13.0. The van der Waals surface area contributed by atoms with E-state index in [9.17, 15) is 0 Å². The minimum Gasteiger partial charge on any atom is -0.308 e. The topological polar surface area (TPSA) is 33.1 Å². The highest BCUT2D eigenvalue weighted by atomic mass is 15.3. The monoisotopic (exact) mass is 270 g/mol. The van der Waals surface area contributed by atoms with Gasteiger partial charge < -0.3 is 10.2 Å². The minimum absolute atomic E-state index is 0.632. The zero-order valence-electron chi connectivity index (χ0n) is 12.0. The first-order valence-electron chi connectivity index (χ1n) is 7.33. The Bertz CT molecular complexity index is 526. The molecular formula is C16H22N4. The fourth-order valence-electron chi connectivity index (χ4n) is 2.64. The normalized spacial score (nSPS) is 17.4. The van der Waals surface area contributed by atoms with Gasteiger partial charge in [0.2, 0.25) is 0 Å². The fraction of sp³-hybridized carbons (Fsp3) is 0.438. The van der Waals surface area contributed by atoms with Crippen LogP contribution in [0, 0.1) is 0 Å². The molecule has 0 amide bonds. The lowest BCUT2D eigenvalue weighted by Crippen LogP contribution is -2.40. The highest BCUT2D eigenvalue weighted by molar-refractivity contribution is 5.30. The highest BCUT2D eigenvalue weighted by Crippen LogP contribution is 2.10. The molecule has 106 valence electrons. The zero-order chi connectivity index (χ0) is 13.8. The Hall–Kier alpha value is -1.65. The van der Waals surface area contributed by atoms with E-state index in [4.69, 9.17) is 0 Å². The molecule has 1 fully saturated rings. The van der Waals surface area contributed by atoms with Gasteiger partial charge in [0.15, 0.2) is 0 Å². The lowest BCUT2D eigenvalue weighted by molar-refractivity contribution is 0.233. The molecule has 3 rings (SSSR count). The summed E-state index contributed by atoms with van der Waals surface area (Å²) in [4.78, 5) is 2.39. The summed E-state index contributed by atoms with van der Waals surface area (Å²) >= 11 is 0. The third kappa shape index (κ3) is 3.26. The van der Waals surface area contributed by atoms with Crippen LogP contribution in [0.1, 0.15) is 18.5 Å². The van der Waals surface area contributed by atoms with E-state index in [1.165, 1.54) is 25.9 Å². The number of aromatic nitrogens is 2. The van der Waals surface area contributed by atoms with Crippen LogP contribution in [0.25, 0.3) is 5.69 Å². The Morgan fingerprint density at radius 3 is 2.65 bits per heavy atom. The molecule has 0 saturated carbocycles. The second kappa shape index (κ2) is 6.20. The second-order valence-corrected chi connectivity index (χ2v) is 5.55. The molecule has 1 aliphatic rings. The third-order valence-electron chi connectivity index (χ3n) is 3.96. The number of hydrogen-bond donors (Lipinski definition) is 1. The van der Waals surface area contributed by atoms with E-state index in [0.29, 0.717) is 6.04 Å². The molecule has 4 heteroatoms. The summed E-state index contributed by atoms with van der Waals surface area (Å²) in [5.41, 5.74) is 2.21. The van der Waals surface area contributed by atoms with Crippen LogP contribution in [0.15, 0.2) is 42.6 Å².